The van der Waals surface area contributed by atoms with Gasteiger partial charge in [-0.1, -0.05) is 5.18 Å². The molecule has 4 aliphatic heterocycles. The summed E-state index contributed by atoms with van der Waals surface area (Å²) >= 11 is 0. The molecule has 12 nitrogen and oxygen atoms in total. The minimum atomic E-state index is -1.41. The molecule has 0 saturated carbocycles. The minimum Gasteiger partial charge on any atom is -0.367 e. The van der Waals surface area contributed by atoms with Crippen LogP contribution in [0.4, 0.5) is 20.2 Å². The summed E-state index contributed by atoms with van der Waals surface area (Å²) in [5.74, 6) is -2.37. The maximum absolute atomic E-state index is 15.2. The van der Waals surface area contributed by atoms with Crippen molar-refractivity contribution in [3.63, 3.8) is 0 Å². The van der Waals surface area contributed by atoms with Crippen molar-refractivity contribution in [2.45, 2.75) is 56.6 Å². The Morgan fingerprint density at radius 1 is 1.12 bits per heavy atom. The molecule has 5 heterocycles. The molecule has 1 aromatic rings. The van der Waals surface area contributed by atoms with Crippen molar-refractivity contribution in [2.75, 3.05) is 69.6 Å². The van der Waals surface area contributed by atoms with Crippen LogP contribution >= 0.6 is 0 Å². The Morgan fingerprint density at radius 3 is 2.44 bits per heavy atom. The third-order valence-corrected chi connectivity index (χ3v) is 9.12. The summed E-state index contributed by atoms with van der Waals surface area (Å²) in [6.45, 7) is 4.84. The number of nitrogens with two attached hydrogens (primary N) is 1. The smallest absolute Gasteiger partial charge is 0.234 e. The lowest BCUT2D eigenvalue weighted by Gasteiger charge is -2.44. The summed E-state index contributed by atoms with van der Waals surface area (Å²) in [5.41, 5.74) is 6.22. The molecule has 4 atom stereocenters. The molecule has 41 heavy (non-hydrogen) atoms. The van der Waals surface area contributed by atoms with Gasteiger partial charge in [0.05, 0.1) is 24.2 Å². The van der Waals surface area contributed by atoms with E-state index in [-0.39, 0.29) is 36.3 Å². The molecule has 0 radical (unpaired) electrons. The fourth-order valence-electron chi connectivity index (χ4n) is 6.67. The molecule has 2 amide bonds. The summed E-state index contributed by atoms with van der Waals surface area (Å²) in [6.07, 6.45) is 3.59. The average Bonchev–Trinajstić information content (AvgIpc) is 2.93. The van der Waals surface area contributed by atoms with Gasteiger partial charge in [0.15, 0.2) is 12.0 Å². The van der Waals surface area contributed by atoms with E-state index in [1.165, 1.54) is 25.7 Å². The Labute approximate surface area is 238 Å². The summed E-state index contributed by atoms with van der Waals surface area (Å²) in [5, 5.41) is 8.48. The normalized spacial score (nSPS) is 26.7. The molecule has 4 saturated heterocycles. The number of aromatic nitrogens is 1. The summed E-state index contributed by atoms with van der Waals surface area (Å²) < 4.78 is 29.0. The van der Waals surface area contributed by atoms with Crippen LogP contribution in [0.3, 0.4) is 0 Å². The van der Waals surface area contributed by atoms with E-state index >= 15 is 4.39 Å². The first-order valence-electron chi connectivity index (χ1n) is 14.6. The van der Waals surface area contributed by atoms with Crippen LogP contribution in [0.5, 0.6) is 0 Å². The van der Waals surface area contributed by atoms with Gasteiger partial charge in [-0.3, -0.25) is 24.8 Å². The Bertz CT molecular complexity index is 1090. The first-order chi connectivity index (χ1) is 19.8. The van der Waals surface area contributed by atoms with E-state index in [1.807, 2.05) is 9.80 Å². The van der Waals surface area contributed by atoms with Crippen molar-refractivity contribution < 1.29 is 18.4 Å². The Hall–Kier alpha value is -2.81. The standard InChI is InChI=1S/C27H41F2N9O3/c1-35-16-18(28)13-32-25(35)22(24(30)34-41)26(39)33-21-15-31-14-20(29)23(21)37-9-3-17(4-10-37)27(40)38-11-5-19(6-12-38)36-7-2-8-36/h14-15,17-19,22,24-25,32H,2-13,16,30H2,1H3,(H,33,39). The van der Waals surface area contributed by atoms with Gasteiger partial charge in [0, 0.05) is 51.2 Å². The van der Waals surface area contributed by atoms with Crippen LogP contribution in [0, 0.1) is 22.6 Å². The molecule has 0 aromatic carbocycles. The second kappa shape index (κ2) is 13.0. The fraction of sp³-hybridized carbons (Fsp3) is 0.741. The first kappa shape index (κ1) is 29.7. The molecular formula is C27H41F2N9O3. The van der Waals surface area contributed by atoms with Gasteiger partial charge < -0.3 is 25.8 Å². The zero-order valence-electron chi connectivity index (χ0n) is 23.6. The molecule has 5 rings (SSSR count). The molecular weight excluding hydrogens is 536 g/mol. The fourth-order valence-corrected chi connectivity index (χ4v) is 6.67. The van der Waals surface area contributed by atoms with Crippen molar-refractivity contribution in [3.05, 3.63) is 23.1 Å². The number of hydrogen-bond donors (Lipinski definition) is 3. The summed E-state index contributed by atoms with van der Waals surface area (Å²) in [6, 6.07) is 0.587. The minimum absolute atomic E-state index is 0.00124. The number of nitrogens with one attached hydrogen (secondary N) is 2. The zero-order valence-corrected chi connectivity index (χ0v) is 23.6. The lowest BCUT2D eigenvalue weighted by atomic mass is 9.92. The van der Waals surface area contributed by atoms with E-state index in [4.69, 9.17) is 5.73 Å². The van der Waals surface area contributed by atoms with E-state index < -0.39 is 36.1 Å². The van der Waals surface area contributed by atoms with E-state index in [0.29, 0.717) is 32.0 Å². The van der Waals surface area contributed by atoms with Gasteiger partial charge in [-0.05, 0) is 52.2 Å². The van der Waals surface area contributed by atoms with Crippen LogP contribution in [-0.2, 0) is 9.59 Å². The van der Waals surface area contributed by atoms with Crippen LogP contribution in [0.2, 0.25) is 0 Å². The molecule has 4 aliphatic rings. The third kappa shape index (κ3) is 6.50. The molecule has 0 aliphatic carbocycles. The molecule has 4 N–H and O–H groups in total. The molecule has 14 heteroatoms. The van der Waals surface area contributed by atoms with Crippen LogP contribution in [0.25, 0.3) is 0 Å². The van der Waals surface area contributed by atoms with Crippen molar-refractivity contribution in [1.29, 1.82) is 0 Å². The zero-order chi connectivity index (χ0) is 29.1. The number of halogens is 2. The van der Waals surface area contributed by atoms with Crippen molar-refractivity contribution in [1.82, 2.24) is 25.0 Å². The molecule has 4 fully saturated rings. The third-order valence-electron chi connectivity index (χ3n) is 9.12. The van der Waals surface area contributed by atoms with Gasteiger partial charge in [0.25, 0.3) is 0 Å². The van der Waals surface area contributed by atoms with E-state index in [1.54, 1.807) is 11.9 Å². The number of anilines is 2. The first-order valence-corrected chi connectivity index (χ1v) is 14.6. The predicted molar refractivity (Wildman–Crippen MR) is 150 cm³/mol. The maximum Gasteiger partial charge on any atom is 0.234 e. The predicted octanol–water partition coefficient (Wildman–Crippen LogP) is 0.939. The molecule has 1 aromatic heterocycles. The summed E-state index contributed by atoms with van der Waals surface area (Å²) in [4.78, 5) is 49.9. The Kier molecular flexibility index (Phi) is 9.42. The second-order valence-corrected chi connectivity index (χ2v) is 11.7. The average molecular weight is 578 g/mol. The number of carbonyl (C=O) groups excluding carboxylic acids is 2. The lowest BCUT2D eigenvalue weighted by Crippen LogP contribution is -2.62. The highest BCUT2D eigenvalue weighted by molar-refractivity contribution is 5.96. The van der Waals surface area contributed by atoms with E-state index in [2.05, 4.69) is 25.7 Å². The number of alkyl halides is 1. The van der Waals surface area contributed by atoms with Crippen molar-refractivity contribution >= 4 is 23.2 Å². The number of pyridine rings is 1. The van der Waals surface area contributed by atoms with Crippen LogP contribution in [-0.4, -0.2) is 115 Å². The van der Waals surface area contributed by atoms with Crippen LogP contribution in [0.1, 0.15) is 32.1 Å². The Morgan fingerprint density at radius 2 is 1.83 bits per heavy atom. The topological polar surface area (TPSA) is 140 Å². The van der Waals surface area contributed by atoms with Gasteiger partial charge in [-0.15, -0.1) is 4.91 Å². The molecule has 0 bridgehead atoms. The molecule has 226 valence electrons. The highest BCUT2D eigenvalue weighted by Gasteiger charge is 2.41. The van der Waals surface area contributed by atoms with Gasteiger partial charge in [-0.25, -0.2) is 8.78 Å². The largest absolute Gasteiger partial charge is 0.367 e. The maximum atomic E-state index is 15.2. The van der Waals surface area contributed by atoms with E-state index in [0.717, 1.165) is 32.1 Å². The SMILES string of the molecule is CN1CC(F)CNC1C(C(=O)Nc1cncc(F)c1N1CCC(C(=O)N2CCC(N3CCC3)CC2)CC1)C(N)N=O. The van der Waals surface area contributed by atoms with Gasteiger partial charge >= 0.3 is 0 Å². The number of amides is 2. The van der Waals surface area contributed by atoms with Gasteiger partial charge in [0.1, 0.15) is 17.8 Å². The van der Waals surface area contributed by atoms with Gasteiger partial charge in [0.2, 0.25) is 11.8 Å². The van der Waals surface area contributed by atoms with E-state index in [9.17, 15) is 18.9 Å². The van der Waals surface area contributed by atoms with Crippen molar-refractivity contribution in [3.8, 4) is 0 Å². The Balaban J connectivity index is 1.22. The van der Waals surface area contributed by atoms with Crippen molar-refractivity contribution in [2.24, 2.45) is 22.7 Å². The highest BCUT2D eigenvalue weighted by Crippen LogP contribution is 2.34. The molecule has 0 spiro atoms. The number of nitroso groups, excluding NO2 is 1. The second-order valence-electron chi connectivity index (χ2n) is 11.7. The highest BCUT2D eigenvalue weighted by atomic mass is 19.1. The quantitative estimate of drug-likeness (QED) is 0.385. The van der Waals surface area contributed by atoms with Crippen LogP contribution in [0.15, 0.2) is 17.6 Å². The lowest BCUT2D eigenvalue weighted by molar-refractivity contribution is -0.138. The molecule has 4 unspecified atom stereocenters. The number of hydrogen-bond acceptors (Lipinski definition) is 10. The van der Waals surface area contributed by atoms with Crippen LogP contribution < -0.4 is 21.3 Å². The number of likely N-dealkylation sites (tertiary alicyclic amines) is 2. The number of nitrogens with zero attached hydrogens (tertiary/aromatic N) is 6. The number of rotatable bonds is 8. The number of carbonyl (C=O) groups is 2. The monoisotopic (exact) mass is 577 g/mol. The number of piperidine rings is 2. The summed E-state index contributed by atoms with van der Waals surface area (Å²) in [7, 11) is 1.62. The van der Waals surface area contributed by atoms with Gasteiger partial charge in [-0.2, -0.15) is 0 Å².